The Bertz CT molecular complexity index is 419. The highest BCUT2D eigenvalue weighted by Gasteiger charge is 2.30. The summed E-state index contributed by atoms with van der Waals surface area (Å²) in [6.07, 6.45) is 0.791. The molecule has 21 heavy (non-hydrogen) atoms. The molecule has 2 atom stereocenters. The fourth-order valence-corrected chi connectivity index (χ4v) is 2.33. The van der Waals surface area contributed by atoms with Gasteiger partial charge in [0.15, 0.2) is 6.10 Å². The summed E-state index contributed by atoms with van der Waals surface area (Å²) in [4.78, 5) is 11.1. The molecule has 0 aromatic heterocycles. The summed E-state index contributed by atoms with van der Waals surface area (Å²) >= 11 is 3.39. The lowest BCUT2D eigenvalue weighted by Crippen LogP contribution is -2.41. The molecule has 1 heterocycles. The number of rotatable bonds is 4. The van der Waals surface area contributed by atoms with E-state index in [2.05, 4.69) is 15.9 Å². The van der Waals surface area contributed by atoms with Crippen molar-refractivity contribution >= 4 is 21.9 Å². The number of ether oxygens (including phenoxy) is 3. The maximum atomic E-state index is 11.1. The summed E-state index contributed by atoms with van der Waals surface area (Å²) in [5, 5.41) is 0.809. The van der Waals surface area contributed by atoms with Crippen LogP contribution < -0.4 is 4.74 Å². The van der Waals surface area contributed by atoms with E-state index in [9.17, 15) is 4.79 Å². The van der Waals surface area contributed by atoms with E-state index in [1.165, 1.54) is 12.5 Å². The number of benzene rings is 1. The first-order valence-corrected chi connectivity index (χ1v) is 8.41. The Morgan fingerprint density at radius 2 is 2.00 bits per heavy atom. The van der Waals surface area contributed by atoms with Gasteiger partial charge in [0.1, 0.15) is 5.75 Å². The third-order valence-corrected chi connectivity index (χ3v) is 3.51. The van der Waals surface area contributed by atoms with Crippen LogP contribution >= 0.6 is 15.9 Å². The lowest BCUT2D eigenvalue weighted by molar-refractivity contribution is -0.195. The fraction of sp³-hybridized carbons (Fsp3) is 0.562. The van der Waals surface area contributed by atoms with Crippen molar-refractivity contribution in [3.05, 3.63) is 29.8 Å². The maximum Gasteiger partial charge on any atom is 0.303 e. The highest BCUT2D eigenvalue weighted by atomic mass is 79.9. The second-order valence-electron chi connectivity index (χ2n) is 4.42. The summed E-state index contributed by atoms with van der Waals surface area (Å²) in [6.45, 7) is 6.03. The minimum atomic E-state index is -0.521. The average molecular weight is 359 g/mol. The monoisotopic (exact) mass is 358 g/mol. The Kier molecular flexibility index (Phi) is 8.38. The molecule has 0 amide bonds. The Morgan fingerprint density at radius 3 is 2.57 bits per heavy atom. The van der Waals surface area contributed by atoms with Crippen LogP contribution in [0.3, 0.4) is 0 Å². The molecule has 1 aromatic carbocycles. The van der Waals surface area contributed by atoms with Crippen LogP contribution in [-0.2, 0) is 19.6 Å². The van der Waals surface area contributed by atoms with Crippen molar-refractivity contribution in [2.75, 3.05) is 6.61 Å². The summed E-state index contributed by atoms with van der Waals surface area (Å²) in [5.74, 6) is 0.410. The van der Waals surface area contributed by atoms with Crippen molar-refractivity contribution in [2.24, 2.45) is 0 Å². The van der Waals surface area contributed by atoms with Gasteiger partial charge in [-0.15, -0.1) is 0 Å². The highest BCUT2D eigenvalue weighted by molar-refractivity contribution is 9.08. The minimum absolute atomic E-state index is 0.307. The van der Waals surface area contributed by atoms with E-state index in [1.54, 1.807) is 0 Å². The first-order chi connectivity index (χ1) is 10.2. The van der Waals surface area contributed by atoms with E-state index >= 15 is 0 Å². The van der Waals surface area contributed by atoms with Crippen LogP contribution in [-0.4, -0.2) is 25.0 Å². The van der Waals surface area contributed by atoms with Gasteiger partial charge in [-0.25, -0.2) is 0 Å². The zero-order valence-corrected chi connectivity index (χ0v) is 14.4. The molecule has 0 N–H and O–H groups in total. The second-order valence-corrected chi connectivity index (χ2v) is 4.99. The van der Waals surface area contributed by atoms with Crippen LogP contribution in [0.1, 0.15) is 39.2 Å². The first-order valence-electron chi connectivity index (χ1n) is 7.29. The maximum absolute atomic E-state index is 11.1. The van der Waals surface area contributed by atoms with Crippen LogP contribution in [0.5, 0.6) is 5.75 Å². The van der Waals surface area contributed by atoms with Crippen molar-refractivity contribution in [3.8, 4) is 5.75 Å². The molecule has 0 bridgehead atoms. The molecular weight excluding hydrogens is 336 g/mol. The molecule has 1 fully saturated rings. The van der Waals surface area contributed by atoms with Gasteiger partial charge in [0.2, 0.25) is 6.29 Å². The first kappa shape index (κ1) is 18.0. The van der Waals surface area contributed by atoms with E-state index < -0.39 is 6.29 Å². The third-order valence-electron chi connectivity index (χ3n) is 2.87. The van der Waals surface area contributed by atoms with Gasteiger partial charge in [0.25, 0.3) is 0 Å². The molecule has 2 rings (SSSR count). The van der Waals surface area contributed by atoms with Gasteiger partial charge in [-0.1, -0.05) is 41.9 Å². The normalized spacial score (nSPS) is 21.0. The van der Waals surface area contributed by atoms with E-state index in [0.717, 1.165) is 18.2 Å². The summed E-state index contributed by atoms with van der Waals surface area (Å²) in [6, 6.07) is 7.74. The van der Waals surface area contributed by atoms with Crippen LogP contribution in [0.15, 0.2) is 24.3 Å². The Hall–Kier alpha value is -1.07. The van der Waals surface area contributed by atoms with Gasteiger partial charge in [0.05, 0.1) is 6.61 Å². The van der Waals surface area contributed by atoms with Gasteiger partial charge in [-0.2, -0.15) is 0 Å². The van der Waals surface area contributed by atoms with Crippen molar-refractivity contribution in [3.63, 3.8) is 0 Å². The van der Waals surface area contributed by atoms with Gasteiger partial charge >= 0.3 is 5.97 Å². The number of carbonyl (C=O) groups is 1. The molecule has 4 nitrogen and oxygen atoms in total. The van der Waals surface area contributed by atoms with E-state index in [1.807, 2.05) is 38.1 Å². The van der Waals surface area contributed by atoms with Gasteiger partial charge in [-0.05, 0) is 30.5 Å². The number of hydrogen-bond donors (Lipinski definition) is 0. The number of hydrogen-bond acceptors (Lipinski definition) is 4. The van der Waals surface area contributed by atoms with Crippen molar-refractivity contribution in [1.29, 1.82) is 0 Å². The summed E-state index contributed by atoms with van der Waals surface area (Å²) in [7, 11) is 0. The molecule has 1 aromatic rings. The molecule has 1 aliphatic rings. The largest absolute Gasteiger partial charge is 0.461 e. The van der Waals surface area contributed by atoms with Crippen LogP contribution in [0, 0.1) is 0 Å². The smallest absolute Gasteiger partial charge is 0.303 e. The lowest BCUT2D eigenvalue weighted by atomic mass is 10.1. The zero-order chi connectivity index (χ0) is 15.7. The minimum Gasteiger partial charge on any atom is -0.461 e. The van der Waals surface area contributed by atoms with Gasteiger partial charge in [-0.3, -0.25) is 4.79 Å². The third kappa shape index (κ3) is 6.06. The quantitative estimate of drug-likeness (QED) is 0.601. The molecule has 5 heteroatoms. The average Bonchev–Trinajstić information content (AvgIpc) is 2.51. The molecule has 1 aliphatic heterocycles. The SMILES string of the molecule is CC.CC(=O)OC1CCCOC1Oc1ccc(CBr)cc1. The molecule has 2 unspecified atom stereocenters. The van der Waals surface area contributed by atoms with Crippen LogP contribution in [0.25, 0.3) is 0 Å². The molecular formula is C16H23BrO4. The highest BCUT2D eigenvalue weighted by Crippen LogP contribution is 2.22. The second kappa shape index (κ2) is 9.79. The predicted molar refractivity (Wildman–Crippen MR) is 85.6 cm³/mol. The number of carbonyl (C=O) groups excluding carboxylic acids is 1. The van der Waals surface area contributed by atoms with E-state index in [0.29, 0.717) is 12.4 Å². The van der Waals surface area contributed by atoms with Crippen molar-refractivity contribution < 1.29 is 19.0 Å². The predicted octanol–water partition coefficient (Wildman–Crippen LogP) is 4.05. The summed E-state index contributed by atoms with van der Waals surface area (Å²) in [5.41, 5.74) is 1.17. The Balaban J connectivity index is 0.00000106. The Labute approximate surface area is 134 Å². The molecule has 0 aliphatic carbocycles. The van der Waals surface area contributed by atoms with E-state index in [4.69, 9.17) is 14.2 Å². The van der Waals surface area contributed by atoms with E-state index in [-0.39, 0.29) is 12.1 Å². The van der Waals surface area contributed by atoms with Gasteiger partial charge in [0, 0.05) is 12.3 Å². The number of alkyl halides is 1. The zero-order valence-electron chi connectivity index (χ0n) is 12.8. The molecule has 0 spiro atoms. The molecule has 0 saturated carbocycles. The molecule has 118 valence electrons. The molecule has 1 saturated heterocycles. The number of esters is 1. The topological polar surface area (TPSA) is 44.8 Å². The van der Waals surface area contributed by atoms with Gasteiger partial charge < -0.3 is 14.2 Å². The number of halogens is 1. The Morgan fingerprint density at radius 1 is 1.33 bits per heavy atom. The van der Waals surface area contributed by atoms with Crippen LogP contribution in [0.4, 0.5) is 0 Å². The molecule has 0 radical (unpaired) electrons. The lowest BCUT2D eigenvalue weighted by Gasteiger charge is -2.31. The van der Waals surface area contributed by atoms with Crippen molar-refractivity contribution in [2.45, 2.75) is 51.3 Å². The summed E-state index contributed by atoms with van der Waals surface area (Å²) < 4.78 is 16.5. The van der Waals surface area contributed by atoms with Crippen molar-refractivity contribution in [1.82, 2.24) is 0 Å². The fourth-order valence-electron chi connectivity index (χ4n) is 1.96. The standard InChI is InChI=1S/C14H17BrO4.C2H6/c1-10(16)18-13-3-2-8-17-14(13)19-12-6-4-11(9-15)5-7-12;1-2/h4-7,13-14H,2-3,8-9H2,1H3;1-2H3. The van der Waals surface area contributed by atoms with Crippen LogP contribution in [0.2, 0.25) is 0 Å².